The van der Waals surface area contributed by atoms with Gasteiger partial charge in [0.2, 0.25) is 0 Å². The molecular formula is C14H18N4. The SMILES string of the molecule is CC(Cn1cncc1-c1ccnc(N)c1)C1CC1. The van der Waals surface area contributed by atoms with Crippen LogP contribution in [0.3, 0.4) is 0 Å². The van der Waals surface area contributed by atoms with Crippen molar-refractivity contribution in [2.45, 2.75) is 26.3 Å². The maximum atomic E-state index is 5.73. The summed E-state index contributed by atoms with van der Waals surface area (Å²) in [7, 11) is 0. The highest BCUT2D eigenvalue weighted by molar-refractivity contribution is 5.61. The number of nitrogens with zero attached hydrogens (tertiary/aromatic N) is 3. The number of hydrogen-bond donors (Lipinski definition) is 1. The molecule has 3 rings (SSSR count). The van der Waals surface area contributed by atoms with E-state index in [1.54, 1.807) is 6.20 Å². The van der Waals surface area contributed by atoms with Gasteiger partial charge in [0.15, 0.2) is 0 Å². The van der Waals surface area contributed by atoms with Crippen LogP contribution < -0.4 is 5.73 Å². The molecule has 2 N–H and O–H groups in total. The smallest absolute Gasteiger partial charge is 0.123 e. The van der Waals surface area contributed by atoms with Crippen molar-refractivity contribution in [1.82, 2.24) is 14.5 Å². The van der Waals surface area contributed by atoms with Crippen LogP contribution in [0.4, 0.5) is 5.82 Å². The highest BCUT2D eigenvalue weighted by Gasteiger charge is 2.28. The van der Waals surface area contributed by atoms with Crippen molar-refractivity contribution >= 4 is 5.82 Å². The van der Waals surface area contributed by atoms with Gasteiger partial charge in [-0.1, -0.05) is 6.92 Å². The molecule has 1 aliphatic carbocycles. The number of imidazole rings is 1. The van der Waals surface area contributed by atoms with Gasteiger partial charge in [0, 0.05) is 18.3 Å². The fourth-order valence-corrected chi connectivity index (χ4v) is 2.44. The summed E-state index contributed by atoms with van der Waals surface area (Å²) < 4.78 is 2.22. The number of nitrogens with two attached hydrogens (primary N) is 1. The molecule has 1 fully saturated rings. The summed E-state index contributed by atoms with van der Waals surface area (Å²) >= 11 is 0. The first kappa shape index (κ1) is 11.3. The Morgan fingerprint density at radius 3 is 3.06 bits per heavy atom. The van der Waals surface area contributed by atoms with Gasteiger partial charge in [-0.15, -0.1) is 0 Å². The maximum absolute atomic E-state index is 5.73. The predicted molar refractivity (Wildman–Crippen MR) is 71.8 cm³/mol. The molecule has 0 bridgehead atoms. The van der Waals surface area contributed by atoms with Gasteiger partial charge in [0.25, 0.3) is 0 Å². The van der Waals surface area contributed by atoms with E-state index in [0.29, 0.717) is 5.82 Å². The Morgan fingerprint density at radius 1 is 1.50 bits per heavy atom. The van der Waals surface area contributed by atoms with Gasteiger partial charge in [-0.3, -0.25) is 0 Å². The first-order valence-corrected chi connectivity index (χ1v) is 6.46. The Morgan fingerprint density at radius 2 is 2.33 bits per heavy atom. The van der Waals surface area contributed by atoms with Crippen molar-refractivity contribution in [3.05, 3.63) is 30.9 Å². The molecule has 0 aromatic carbocycles. The minimum atomic E-state index is 0.551. The van der Waals surface area contributed by atoms with E-state index in [0.717, 1.165) is 29.6 Å². The van der Waals surface area contributed by atoms with Crippen molar-refractivity contribution in [3.63, 3.8) is 0 Å². The van der Waals surface area contributed by atoms with E-state index in [2.05, 4.69) is 21.5 Å². The Bertz CT molecular complexity index is 542. The minimum Gasteiger partial charge on any atom is -0.384 e. The zero-order valence-corrected chi connectivity index (χ0v) is 10.6. The quantitative estimate of drug-likeness (QED) is 0.896. The average molecular weight is 242 g/mol. The molecule has 0 amide bonds. The molecule has 1 atom stereocenters. The fraction of sp³-hybridized carbons (Fsp3) is 0.429. The van der Waals surface area contributed by atoms with Crippen molar-refractivity contribution in [2.75, 3.05) is 5.73 Å². The third kappa shape index (κ3) is 2.23. The van der Waals surface area contributed by atoms with Crippen molar-refractivity contribution in [1.29, 1.82) is 0 Å². The van der Waals surface area contributed by atoms with Crippen LogP contribution in [-0.2, 0) is 6.54 Å². The summed E-state index contributed by atoms with van der Waals surface area (Å²) in [5, 5.41) is 0. The molecule has 4 nitrogen and oxygen atoms in total. The second-order valence-electron chi connectivity index (χ2n) is 5.22. The molecule has 4 heteroatoms. The summed E-state index contributed by atoms with van der Waals surface area (Å²) in [6, 6.07) is 3.88. The van der Waals surface area contributed by atoms with E-state index >= 15 is 0 Å². The molecule has 1 unspecified atom stereocenters. The molecule has 2 heterocycles. The molecule has 2 aromatic heterocycles. The lowest BCUT2D eigenvalue weighted by atomic mass is 10.1. The van der Waals surface area contributed by atoms with E-state index in [4.69, 9.17) is 5.73 Å². The zero-order chi connectivity index (χ0) is 12.5. The molecule has 1 aliphatic rings. The van der Waals surface area contributed by atoms with Crippen LogP contribution in [0.15, 0.2) is 30.9 Å². The van der Waals surface area contributed by atoms with E-state index in [9.17, 15) is 0 Å². The molecule has 94 valence electrons. The van der Waals surface area contributed by atoms with Crippen molar-refractivity contribution < 1.29 is 0 Å². The van der Waals surface area contributed by atoms with Gasteiger partial charge in [-0.05, 0) is 36.8 Å². The second-order valence-corrected chi connectivity index (χ2v) is 5.22. The Kier molecular flexibility index (Phi) is 2.78. The molecule has 18 heavy (non-hydrogen) atoms. The number of aromatic nitrogens is 3. The standard InChI is InChI=1S/C14H18N4/c1-10(11-2-3-11)8-18-9-16-7-13(18)12-4-5-17-14(15)6-12/h4-7,9-11H,2-3,8H2,1H3,(H2,15,17). The summed E-state index contributed by atoms with van der Waals surface area (Å²) in [5.41, 5.74) is 7.94. The Hall–Kier alpha value is -1.84. The Labute approximate surface area is 107 Å². The van der Waals surface area contributed by atoms with Crippen molar-refractivity contribution in [3.8, 4) is 11.3 Å². The maximum Gasteiger partial charge on any atom is 0.123 e. The van der Waals surface area contributed by atoms with Crippen LogP contribution in [0.2, 0.25) is 0 Å². The zero-order valence-electron chi connectivity index (χ0n) is 10.6. The summed E-state index contributed by atoms with van der Waals surface area (Å²) in [5.74, 6) is 2.18. The summed E-state index contributed by atoms with van der Waals surface area (Å²) in [6.45, 7) is 3.35. The molecule has 0 aliphatic heterocycles. The van der Waals surface area contributed by atoms with E-state index < -0.39 is 0 Å². The summed E-state index contributed by atoms with van der Waals surface area (Å²) in [4.78, 5) is 8.29. The molecule has 2 aromatic rings. The lowest BCUT2D eigenvalue weighted by molar-refractivity contribution is 0.432. The van der Waals surface area contributed by atoms with Crippen LogP contribution in [0.25, 0.3) is 11.3 Å². The van der Waals surface area contributed by atoms with Gasteiger partial charge in [-0.2, -0.15) is 0 Å². The lowest BCUT2D eigenvalue weighted by Gasteiger charge is -2.14. The van der Waals surface area contributed by atoms with Gasteiger partial charge in [-0.25, -0.2) is 9.97 Å². The van der Waals surface area contributed by atoms with Crippen LogP contribution in [-0.4, -0.2) is 14.5 Å². The number of rotatable bonds is 4. The largest absolute Gasteiger partial charge is 0.384 e. The minimum absolute atomic E-state index is 0.551. The average Bonchev–Trinajstić information content (AvgIpc) is 3.11. The molecular weight excluding hydrogens is 224 g/mol. The van der Waals surface area contributed by atoms with E-state index in [1.807, 2.05) is 24.7 Å². The van der Waals surface area contributed by atoms with E-state index in [1.165, 1.54) is 12.8 Å². The lowest BCUT2D eigenvalue weighted by Crippen LogP contribution is -2.09. The molecule has 0 spiro atoms. The first-order chi connectivity index (χ1) is 8.74. The monoisotopic (exact) mass is 242 g/mol. The highest BCUT2D eigenvalue weighted by atomic mass is 15.0. The highest BCUT2D eigenvalue weighted by Crippen LogP contribution is 2.37. The van der Waals surface area contributed by atoms with Gasteiger partial charge in [0.05, 0.1) is 18.2 Å². The third-order valence-electron chi connectivity index (χ3n) is 3.70. The van der Waals surface area contributed by atoms with Crippen LogP contribution in [0.1, 0.15) is 19.8 Å². The predicted octanol–water partition coefficient (Wildman–Crippen LogP) is 2.57. The number of pyridine rings is 1. The van der Waals surface area contributed by atoms with Crippen LogP contribution >= 0.6 is 0 Å². The topological polar surface area (TPSA) is 56.7 Å². The number of hydrogen-bond acceptors (Lipinski definition) is 3. The normalized spacial score (nSPS) is 16.7. The fourth-order valence-electron chi connectivity index (χ4n) is 2.44. The Balaban J connectivity index is 1.86. The first-order valence-electron chi connectivity index (χ1n) is 6.46. The van der Waals surface area contributed by atoms with Gasteiger partial charge in [0.1, 0.15) is 5.82 Å². The van der Waals surface area contributed by atoms with Crippen LogP contribution in [0, 0.1) is 11.8 Å². The third-order valence-corrected chi connectivity index (χ3v) is 3.70. The van der Waals surface area contributed by atoms with Crippen molar-refractivity contribution in [2.24, 2.45) is 11.8 Å². The number of anilines is 1. The van der Waals surface area contributed by atoms with Gasteiger partial charge >= 0.3 is 0 Å². The molecule has 0 radical (unpaired) electrons. The van der Waals surface area contributed by atoms with E-state index in [-0.39, 0.29) is 0 Å². The molecule has 1 saturated carbocycles. The summed E-state index contributed by atoms with van der Waals surface area (Å²) in [6.07, 6.45) is 8.31. The second kappa shape index (κ2) is 4.44. The number of nitrogen functional groups attached to an aromatic ring is 1. The van der Waals surface area contributed by atoms with Crippen LogP contribution in [0.5, 0.6) is 0 Å². The van der Waals surface area contributed by atoms with Gasteiger partial charge < -0.3 is 10.3 Å². The molecule has 0 saturated heterocycles.